The van der Waals surface area contributed by atoms with Crippen LogP contribution in [0.5, 0.6) is 0 Å². The van der Waals surface area contributed by atoms with Crippen LogP contribution in [0.2, 0.25) is 5.02 Å². The number of nitrogens with zero attached hydrogens (tertiary/aromatic N) is 3. The van der Waals surface area contributed by atoms with Crippen molar-refractivity contribution in [3.63, 3.8) is 0 Å². The monoisotopic (exact) mass is 254 g/mol. The number of rotatable bonds is 2. The van der Waals surface area contributed by atoms with Crippen molar-refractivity contribution in [3.8, 4) is 0 Å². The van der Waals surface area contributed by atoms with Crippen molar-refractivity contribution in [2.45, 2.75) is 6.92 Å². The number of hydrogen-bond donors (Lipinski definition) is 1. The Kier molecular flexibility index (Phi) is 3.12. The van der Waals surface area contributed by atoms with Gasteiger partial charge in [0.25, 0.3) is 5.91 Å². The molecule has 0 unspecified atom stereocenters. The molecule has 0 aliphatic heterocycles. The van der Waals surface area contributed by atoms with E-state index in [-0.39, 0.29) is 5.91 Å². The third-order valence-electron chi connectivity index (χ3n) is 1.85. The highest BCUT2D eigenvalue weighted by molar-refractivity contribution is 7.08. The molecule has 0 aromatic carbocycles. The molecule has 16 heavy (non-hydrogen) atoms. The number of carbonyl (C=O) groups is 1. The molecule has 0 radical (unpaired) electrons. The van der Waals surface area contributed by atoms with Gasteiger partial charge in [-0.25, -0.2) is 4.98 Å². The van der Waals surface area contributed by atoms with Crippen LogP contribution in [-0.4, -0.2) is 20.5 Å². The molecule has 0 saturated carbocycles. The van der Waals surface area contributed by atoms with Crippen LogP contribution >= 0.6 is 23.1 Å². The summed E-state index contributed by atoms with van der Waals surface area (Å²) in [6.45, 7) is 1.72. The van der Waals surface area contributed by atoms with E-state index in [4.69, 9.17) is 11.6 Å². The van der Waals surface area contributed by atoms with E-state index in [9.17, 15) is 4.79 Å². The zero-order chi connectivity index (χ0) is 11.5. The SMILES string of the molecule is Cc1nnsc1C(=O)Nc1ncccc1Cl. The molecule has 0 saturated heterocycles. The maximum absolute atomic E-state index is 11.8. The molecule has 82 valence electrons. The second-order valence-electron chi connectivity index (χ2n) is 2.98. The third kappa shape index (κ3) is 2.17. The first kappa shape index (κ1) is 11.0. The van der Waals surface area contributed by atoms with Crippen molar-refractivity contribution in [1.82, 2.24) is 14.6 Å². The van der Waals surface area contributed by atoms with Gasteiger partial charge >= 0.3 is 0 Å². The Hall–Kier alpha value is -1.53. The fourth-order valence-corrected chi connectivity index (χ4v) is 1.80. The van der Waals surface area contributed by atoms with Crippen LogP contribution in [0.3, 0.4) is 0 Å². The van der Waals surface area contributed by atoms with E-state index in [1.54, 1.807) is 25.3 Å². The molecule has 2 aromatic rings. The summed E-state index contributed by atoms with van der Waals surface area (Å²) in [4.78, 5) is 16.2. The lowest BCUT2D eigenvalue weighted by Crippen LogP contribution is -2.12. The summed E-state index contributed by atoms with van der Waals surface area (Å²) in [5.41, 5.74) is 0.592. The highest BCUT2D eigenvalue weighted by Gasteiger charge is 2.14. The summed E-state index contributed by atoms with van der Waals surface area (Å²) in [6.07, 6.45) is 1.55. The summed E-state index contributed by atoms with van der Waals surface area (Å²) in [5.74, 6) is 0.0371. The van der Waals surface area contributed by atoms with E-state index in [0.29, 0.717) is 21.4 Å². The quantitative estimate of drug-likeness (QED) is 0.892. The Labute approximate surface area is 101 Å². The summed E-state index contributed by atoms with van der Waals surface area (Å²) in [6, 6.07) is 3.35. The van der Waals surface area contributed by atoms with Gasteiger partial charge in [-0.05, 0) is 30.6 Å². The topological polar surface area (TPSA) is 67.8 Å². The molecule has 0 aliphatic rings. The van der Waals surface area contributed by atoms with E-state index in [1.807, 2.05) is 0 Å². The van der Waals surface area contributed by atoms with Crippen LogP contribution < -0.4 is 5.32 Å². The van der Waals surface area contributed by atoms with Gasteiger partial charge in [-0.1, -0.05) is 16.1 Å². The van der Waals surface area contributed by atoms with Gasteiger partial charge in [0, 0.05) is 6.20 Å². The average Bonchev–Trinajstić information content (AvgIpc) is 2.68. The van der Waals surface area contributed by atoms with Crippen molar-refractivity contribution in [3.05, 3.63) is 33.9 Å². The van der Waals surface area contributed by atoms with Gasteiger partial charge in [0.2, 0.25) is 0 Å². The van der Waals surface area contributed by atoms with Crippen molar-refractivity contribution < 1.29 is 4.79 Å². The number of halogens is 1. The number of pyridine rings is 1. The van der Waals surface area contributed by atoms with Crippen molar-refractivity contribution >= 4 is 34.9 Å². The van der Waals surface area contributed by atoms with Gasteiger partial charge in [0.1, 0.15) is 4.88 Å². The number of aromatic nitrogens is 3. The number of carbonyl (C=O) groups excluding carboxylic acids is 1. The van der Waals surface area contributed by atoms with Crippen LogP contribution in [0.1, 0.15) is 15.4 Å². The standard InChI is InChI=1S/C9H7ClN4OS/c1-5-7(16-14-13-5)9(15)12-8-6(10)3-2-4-11-8/h2-4H,1H3,(H,11,12,15). The fraction of sp³-hybridized carbons (Fsp3) is 0.111. The van der Waals surface area contributed by atoms with E-state index in [1.165, 1.54) is 0 Å². The zero-order valence-corrected chi connectivity index (χ0v) is 9.84. The van der Waals surface area contributed by atoms with Crippen LogP contribution in [0.15, 0.2) is 18.3 Å². The van der Waals surface area contributed by atoms with Crippen molar-refractivity contribution in [2.75, 3.05) is 5.32 Å². The molecular weight excluding hydrogens is 248 g/mol. The van der Waals surface area contributed by atoms with Gasteiger partial charge in [0.15, 0.2) is 5.82 Å². The zero-order valence-electron chi connectivity index (χ0n) is 8.27. The molecule has 2 heterocycles. The Morgan fingerprint density at radius 3 is 3.00 bits per heavy atom. The number of nitrogens with one attached hydrogen (secondary N) is 1. The second-order valence-corrected chi connectivity index (χ2v) is 4.14. The first-order valence-electron chi connectivity index (χ1n) is 4.39. The minimum atomic E-state index is -0.298. The first-order chi connectivity index (χ1) is 7.68. The van der Waals surface area contributed by atoms with Crippen LogP contribution in [0.4, 0.5) is 5.82 Å². The van der Waals surface area contributed by atoms with Crippen molar-refractivity contribution in [1.29, 1.82) is 0 Å². The molecule has 0 bridgehead atoms. The molecule has 0 aliphatic carbocycles. The van der Waals surface area contributed by atoms with Crippen LogP contribution in [0, 0.1) is 6.92 Å². The van der Waals surface area contributed by atoms with Gasteiger partial charge in [-0.15, -0.1) is 5.10 Å². The minimum Gasteiger partial charge on any atom is -0.305 e. The predicted octanol–water partition coefficient (Wildman–Crippen LogP) is 2.15. The lowest BCUT2D eigenvalue weighted by molar-refractivity contribution is 0.102. The smallest absolute Gasteiger partial charge is 0.270 e. The number of hydrogen-bond acceptors (Lipinski definition) is 5. The largest absolute Gasteiger partial charge is 0.305 e. The van der Waals surface area contributed by atoms with E-state index in [2.05, 4.69) is 19.9 Å². The van der Waals surface area contributed by atoms with Crippen LogP contribution in [-0.2, 0) is 0 Å². The predicted molar refractivity (Wildman–Crippen MR) is 61.8 cm³/mol. The Bertz CT molecular complexity index is 528. The molecule has 0 spiro atoms. The highest BCUT2D eigenvalue weighted by atomic mass is 35.5. The average molecular weight is 255 g/mol. The van der Waals surface area contributed by atoms with Gasteiger partial charge < -0.3 is 5.32 Å². The molecule has 2 aromatic heterocycles. The van der Waals surface area contributed by atoms with Crippen molar-refractivity contribution in [2.24, 2.45) is 0 Å². The first-order valence-corrected chi connectivity index (χ1v) is 5.54. The minimum absolute atomic E-state index is 0.298. The summed E-state index contributed by atoms with van der Waals surface area (Å²) < 4.78 is 3.68. The van der Waals surface area contributed by atoms with E-state index >= 15 is 0 Å². The van der Waals surface area contributed by atoms with Gasteiger partial charge in [-0.3, -0.25) is 4.79 Å². The fourth-order valence-electron chi connectivity index (χ4n) is 1.08. The number of anilines is 1. The summed E-state index contributed by atoms with van der Waals surface area (Å²) in [7, 11) is 0. The molecule has 7 heteroatoms. The molecule has 1 amide bonds. The molecule has 1 N–H and O–H groups in total. The van der Waals surface area contributed by atoms with Gasteiger partial charge in [0.05, 0.1) is 10.7 Å². The van der Waals surface area contributed by atoms with E-state index in [0.717, 1.165) is 11.5 Å². The highest BCUT2D eigenvalue weighted by Crippen LogP contribution is 2.19. The lowest BCUT2D eigenvalue weighted by atomic mass is 10.3. The normalized spacial score (nSPS) is 10.1. The maximum Gasteiger partial charge on any atom is 0.270 e. The molecule has 5 nitrogen and oxygen atoms in total. The molecule has 2 rings (SSSR count). The number of aryl methyl sites for hydroxylation is 1. The lowest BCUT2D eigenvalue weighted by Gasteiger charge is -2.03. The molecule has 0 fully saturated rings. The van der Waals surface area contributed by atoms with E-state index < -0.39 is 0 Å². The number of amides is 1. The van der Waals surface area contributed by atoms with Crippen LogP contribution in [0.25, 0.3) is 0 Å². The third-order valence-corrected chi connectivity index (χ3v) is 2.98. The Morgan fingerprint density at radius 1 is 1.56 bits per heavy atom. The summed E-state index contributed by atoms with van der Waals surface area (Å²) in [5, 5.41) is 6.75. The summed E-state index contributed by atoms with van der Waals surface area (Å²) >= 11 is 6.90. The second kappa shape index (κ2) is 4.54. The molecule has 0 atom stereocenters. The Balaban J connectivity index is 2.21. The van der Waals surface area contributed by atoms with Gasteiger partial charge in [-0.2, -0.15) is 0 Å². The maximum atomic E-state index is 11.8. The molecular formula is C9H7ClN4OS. The Morgan fingerprint density at radius 2 is 2.38 bits per heavy atom.